The number of amides is 1. The molecule has 0 bridgehead atoms. The first kappa shape index (κ1) is 22.3. The Balaban J connectivity index is 1.49. The number of aromatic nitrogens is 3. The molecule has 0 atom stereocenters. The third-order valence-corrected chi connectivity index (χ3v) is 5.75. The lowest BCUT2D eigenvalue weighted by molar-refractivity contribution is -0.135. The summed E-state index contributed by atoms with van der Waals surface area (Å²) in [4.78, 5) is 32.0. The van der Waals surface area contributed by atoms with Gasteiger partial charge in [0.25, 0.3) is 11.7 Å². The Bertz CT molecular complexity index is 1220. The van der Waals surface area contributed by atoms with Gasteiger partial charge >= 0.3 is 5.97 Å². The molecular formula is C24H21FN4O3S. The van der Waals surface area contributed by atoms with Crippen molar-refractivity contribution in [3.05, 3.63) is 89.3 Å². The van der Waals surface area contributed by atoms with Crippen LogP contribution in [0.1, 0.15) is 23.1 Å². The van der Waals surface area contributed by atoms with Crippen molar-refractivity contribution in [3.63, 3.8) is 0 Å². The average molecular weight is 465 g/mol. The molecule has 2 aromatic carbocycles. The number of likely N-dealkylation sites (N-methyl/N-ethyl adjacent to an activating group) is 1. The zero-order valence-electron chi connectivity index (χ0n) is 17.8. The van der Waals surface area contributed by atoms with Gasteiger partial charge in [-0.3, -0.25) is 4.79 Å². The molecule has 0 aliphatic heterocycles. The van der Waals surface area contributed by atoms with Crippen molar-refractivity contribution in [2.45, 2.75) is 13.5 Å². The highest BCUT2D eigenvalue weighted by atomic mass is 32.1. The zero-order valence-corrected chi connectivity index (χ0v) is 18.7. The number of carbonyl (C=O) groups excluding carboxylic acids is 2. The van der Waals surface area contributed by atoms with Crippen LogP contribution in [-0.4, -0.2) is 44.7 Å². The lowest BCUT2D eigenvalue weighted by Crippen LogP contribution is -2.34. The predicted molar refractivity (Wildman–Crippen MR) is 122 cm³/mol. The van der Waals surface area contributed by atoms with Crippen LogP contribution in [0.25, 0.3) is 16.4 Å². The van der Waals surface area contributed by atoms with Crippen molar-refractivity contribution in [2.75, 3.05) is 13.2 Å². The third kappa shape index (κ3) is 5.32. The van der Waals surface area contributed by atoms with E-state index in [-0.39, 0.29) is 17.5 Å². The minimum Gasteiger partial charge on any atom is -0.450 e. The first-order valence-corrected chi connectivity index (χ1v) is 11.2. The van der Waals surface area contributed by atoms with Gasteiger partial charge in [-0.15, -0.1) is 16.4 Å². The van der Waals surface area contributed by atoms with Crippen LogP contribution in [0.15, 0.2) is 72.1 Å². The molecule has 0 spiro atoms. The SMILES string of the molecule is CCN(Cc1ccccc1)C(=O)COC(=O)c1nc(-c2cccs2)n(-c2ccc(F)cc2)n1. The number of carbonyl (C=O) groups is 2. The highest BCUT2D eigenvalue weighted by Gasteiger charge is 2.22. The normalized spacial score (nSPS) is 10.7. The summed E-state index contributed by atoms with van der Waals surface area (Å²) in [6.45, 7) is 2.35. The molecule has 0 saturated heterocycles. The van der Waals surface area contributed by atoms with Crippen LogP contribution < -0.4 is 0 Å². The monoisotopic (exact) mass is 464 g/mol. The van der Waals surface area contributed by atoms with E-state index < -0.39 is 12.6 Å². The molecule has 0 aliphatic rings. The van der Waals surface area contributed by atoms with Crippen molar-refractivity contribution < 1.29 is 18.7 Å². The van der Waals surface area contributed by atoms with Gasteiger partial charge in [-0.1, -0.05) is 36.4 Å². The standard InChI is InChI=1S/C24H21FN4O3S/c1-2-28(15-17-7-4-3-5-8-17)21(30)16-32-24(31)22-26-23(20-9-6-14-33-20)29(27-22)19-12-10-18(25)11-13-19/h3-14H,2,15-16H2,1H3. The molecule has 0 saturated carbocycles. The second-order valence-corrected chi connectivity index (χ2v) is 8.04. The summed E-state index contributed by atoms with van der Waals surface area (Å²) in [7, 11) is 0. The van der Waals surface area contributed by atoms with E-state index in [0.717, 1.165) is 10.4 Å². The van der Waals surface area contributed by atoms with Crippen molar-refractivity contribution in [2.24, 2.45) is 0 Å². The Labute approximate surface area is 194 Å². The number of rotatable bonds is 8. The molecule has 0 N–H and O–H groups in total. The van der Waals surface area contributed by atoms with E-state index >= 15 is 0 Å². The molecule has 33 heavy (non-hydrogen) atoms. The van der Waals surface area contributed by atoms with Crippen LogP contribution in [0.5, 0.6) is 0 Å². The maximum absolute atomic E-state index is 13.4. The average Bonchev–Trinajstić information content (AvgIpc) is 3.52. The fourth-order valence-corrected chi connectivity index (χ4v) is 3.89. The fraction of sp³-hybridized carbons (Fsp3) is 0.167. The van der Waals surface area contributed by atoms with E-state index in [4.69, 9.17) is 4.74 Å². The summed E-state index contributed by atoms with van der Waals surface area (Å²) in [6, 6.07) is 19.0. The van der Waals surface area contributed by atoms with Crippen molar-refractivity contribution in [1.29, 1.82) is 0 Å². The van der Waals surface area contributed by atoms with Crippen LogP contribution >= 0.6 is 11.3 Å². The van der Waals surface area contributed by atoms with Crippen LogP contribution in [0.4, 0.5) is 4.39 Å². The summed E-state index contributed by atoms with van der Waals surface area (Å²) < 4.78 is 20.0. The van der Waals surface area contributed by atoms with Gasteiger partial charge in [0.1, 0.15) is 5.82 Å². The molecule has 0 fully saturated rings. The van der Waals surface area contributed by atoms with Crippen LogP contribution in [0, 0.1) is 5.82 Å². The molecule has 4 aromatic rings. The number of hydrogen-bond acceptors (Lipinski definition) is 6. The molecule has 0 radical (unpaired) electrons. The zero-order chi connectivity index (χ0) is 23.2. The van der Waals surface area contributed by atoms with E-state index in [1.807, 2.05) is 54.8 Å². The minimum absolute atomic E-state index is 0.179. The smallest absolute Gasteiger partial charge is 0.378 e. The highest BCUT2D eigenvalue weighted by Crippen LogP contribution is 2.25. The van der Waals surface area contributed by atoms with Gasteiger partial charge < -0.3 is 9.64 Å². The van der Waals surface area contributed by atoms with Crippen molar-refractivity contribution >= 4 is 23.2 Å². The van der Waals surface area contributed by atoms with Gasteiger partial charge in [0.15, 0.2) is 12.4 Å². The molecule has 2 aromatic heterocycles. The molecule has 4 rings (SSSR count). The molecule has 2 heterocycles. The van der Waals surface area contributed by atoms with E-state index in [2.05, 4.69) is 10.1 Å². The molecule has 168 valence electrons. The van der Waals surface area contributed by atoms with E-state index in [1.54, 1.807) is 17.0 Å². The predicted octanol–water partition coefficient (Wildman–Crippen LogP) is 4.34. The highest BCUT2D eigenvalue weighted by molar-refractivity contribution is 7.13. The van der Waals surface area contributed by atoms with Crippen LogP contribution in [0.2, 0.25) is 0 Å². The van der Waals surface area contributed by atoms with Gasteiger partial charge in [0, 0.05) is 13.1 Å². The maximum Gasteiger partial charge on any atom is 0.378 e. The van der Waals surface area contributed by atoms with E-state index in [1.165, 1.54) is 28.2 Å². The largest absolute Gasteiger partial charge is 0.450 e. The number of halogens is 1. The second-order valence-electron chi connectivity index (χ2n) is 7.09. The molecule has 0 unspecified atom stereocenters. The Morgan fingerprint density at radius 1 is 1.06 bits per heavy atom. The maximum atomic E-state index is 13.4. The first-order chi connectivity index (χ1) is 16.0. The Kier molecular flexibility index (Phi) is 6.89. The first-order valence-electron chi connectivity index (χ1n) is 10.3. The number of thiophene rings is 1. The van der Waals surface area contributed by atoms with Crippen molar-refractivity contribution in [1.82, 2.24) is 19.7 Å². The van der Waals surface area contributed by atoms with E-state index in [9.17, 15) is 14.0 Å². The summed E-state index contributed by atoms with van der Waals surface area (Å²) in [5, 5.41) is 6.14. The lowest BCUT2D eigenvalue weighted by Gasteiger charge is -2.20. The summed E-state index contributed by atoms with van der Waals surface area (Å²) in [5.74, 6) is -1.26. The van der Waals surface area contributed by atoms with Crippen molar-refractivity contribution in [3.8, 4) is 16.4 Å². The summed E-state index contributed by atoms with van der Waals surface area (Å²) >= 11 is 1.43. The van der Waals surface area contributed by atoms with Gasteiger partial charge in [0.05, 0.1) is 10.6 Å². The molecular weight excluding hydrogens is 443 g/mol. The number of esters is 1. The molecule has 1 amide bonds. The fourth-order valence-electron chi connectivity index (χ4n) is 3.19. The Morgan fingerprint density at radius 3 is 2.48 bits per heavy atom. The number of hydrogen-bond donors (Lipinski definition) is 0. The minimum atomic E-state index is -0.808. The third-order valence-electron chi connectivity index (χ3n) is 4.88. The number of nitrogens with zero attached hydrogens (tertiary/aromatic N) is 4. The lowest BCUT2D eigenvalue weighted by atomic mass is 10.2. The van der Waals surface area contributed by atoms with Gasteiger partial charge in [-0.05, 0) is 48.2 Å². The van der Waals surface area contributed by atoms with Gasteiger partial charge in [-0.25, -0.2) is 13.9 Å². The molecule has 9 heteroatoms. The van der Waals surface area contributed by atoms with Crippen LogP contribution in [-0.2, 0) is 16.1 Å². The van der Waals surface area contributed by atoms with Gasteiger partial charge in [0.2, 0.25) is 0 Å². The number of ether oxygens (including phenoxy) is 1. The van der Waals surface area contributed by atoms with Gasteiger partial charge in [-0.2, -0.15) is 4.98 Å². The Morgan fingerprint density at radius 2 is 1.82 bits per heavy atom. The molecule has 0 aliphatic carbocycles. The molecule has 7 nitrogen and oxygen atoms in total. The van der Waals surface area contributed by atoms with Crippen LogP contribution in [0.3, 0.4) is 0 Å². The van der Waals surface area contributed by atoms with E-state index in [0.29, 0.717) is 24.6 Å². The summed E-state index contributed by atoms with van der Waals surface area (Å²) in [6.07, 6.45) is 0. The summed E-state index contributed by atoms with van der Waals surface area (Å²) in [5.41, 5.74) is 1.53. The number of benzene rings is 2. The quantitative estimate of drug-likeness (QED) is 0.363. The second kappa shape index (κ2) is 10.2. The Hall–Kier alpha value is -3.85. The topological polar surface area (TPSA) is 77.3 Å².